The molecule has 0 radical (unpaired) electrons. The van der Waals surface area contributed by atoms with Crippen LogP contribution < -0.4 is 5.49 Å². The summed E-state index contributed by atoms with van der Waals surface area (Å²) >= 11 is 0. The normalized spacial score (nSPS) is 15.3. The molecule has 94 valence electrons. The van der Waals surface area contributed by atoms with Gasteiger partial charge < -0.3 is 10.3 Å². The molecule has 0 amide bonds. The van der Waals surface area contributed by atoms with Crippen LogP contribution in [0.4, 0.5) is 0 Å². The molecule has 0 spiro atoms. The molecule has 0 aliphatic heterocycles. The SMILES string of the molecule is C[C@@H](N=c1ccccn1O)[C@H](O)c1ccccc1. The highest BCUT2D eigenvalue weighted by Crippen LogP contribution is 2.17. The van der Waals surface area contributed by atoms with Gasteiger partial charge in [-0.15, -0.1) is 0 Å². The van der Waals surface area contributed by atoms with Crippen LogP contribution in [-0.4, -0.2) is 21.1 Å². The van der Waals surface area contributed by atoms with Gasteiger partial charge in [0.05, 0.1) is 6.04 Å². The summed E-state index contributed by atoms with van der Waals surface area (Å²) in [4.78, 5) is 4.30. The molecule has 0 saturated carbocycles. The molecule has 0 aliphatic carbocycles. The number of rotatable bonds is 3. The van der Waals surface area contributed by atoms with E-state index in [-0.39, 0.29) is 6.04 Å². The summed E-state index contributed by atoms with van der Waals surface area (Å²) in [5, 5.41) is 19.7. The lowest BCUT2D eigenvalue weighted by Crippen LogP contribution is -2.23. The minimum atomic E-state index is -0.689. The fraction of sp³-hybridized carbons (Fsp3) is 0.214. The van der Waals surface area contributed by atoms with Crippen molar-refractivity contribution in [3.05, 3.63) is 65.8 Å². The van der Waals surface area contributed by atoms with Crippen molar-refractivity contribution in [2.24, 2.45) is 4.99 Å². The van der Waals surface area contributed by atoms with E-state index < -0.39 is 6.10 Å². The van der Waals surface area contributed by atoms with Gasteiger partial charge in [-0.1, -0.05) is 36.4 Å². The number of hydrogen-bond donors (Lipinski definition) is 2. The third-order valence-corrected chi connectivity index (χ3v) is 2.75. The van der Waals surface area contributed by atoms with E-state index in [4.69, 9.17) is 0 Å². The largest absolute Gasteiger partial charge is 0.427 e. The number of pyridine rings is 1. The van der Waals surface area contributed by atoms with E-state index >= 15 is 0 Å². The molecule has 1 heterocycles. The van der Waals surface area contributed by atoms with Crippen LogP contribution in [0.1, 0.15) is 18.6 Å². The van der Waals surface area contributed by atoms with Gasteiger partial charge in [0.2, 0.25) is 0 Å². The second-order valence-electron chi connectivity index (χ2n) is 4.13. The Morgan fingerprint density at radius 2 is 1.72 bits per heavy atom. The quantitative estimate of drug-likeness (QED) is 0.808. The Morgan fingerprint density at radius 1 is 1.06 bits per heavy atom. The first-order valence-corrected chi connectivity index (χ1v) is 5.82. The summed E-state index contributed by atoms with van der Waals surface area (Å²) in [6.45, 7) is 1.81. The average Bonchev–Trinajstić information content (AvgIpc) is 2.41. The van der Waals surface area contributed by atoms with Gasteiger partial charge in [0.1, 0.15) is 6.10 Å². The third kappa shape index (κ3) is 2.78. The zero-order chi connectivity index (χ0) is 13.0. The molecule has 0 aliphatic rings. The van der Waals surface area contributed by atoms with Crippen molar-refractivity contribution in [3.63, 3.8) is 0 Å². The van der Waals surface area contributed by atoms with Crippen LogP contribution in [-0.2, 0) is 0 Å². The van der Waals surface area contributed by atoms with E-state index in [9.17, 15) is 10.3 Å². The maximum Gasteiger partial charge on any atom is 0.163 e. The van der Waals surface area contributed by atoms with Crippen molar-refractivity contribution < 1.29 is 10.3 Å². The van der Waals surface area contributed by atoms with Gasteiger partial charge in [0.25, 0.3) is 0 Å². The minimum Gasteiger partial charge on any atom is -0.427 e. The Hall–Kier alpha value is -2.07. The Kier molecular flexibility index (Phi) is 3.79. The van der Waals surface area contributed by atoms with Crippen LogP contribution in [0, 0.1) is 0 Å². The summed E-state index contributed by atoms with van der Waals surface area (Å²) in [5.74, 6) is 0. The van der Waals surface area contributed by atoms with E-state index in [2.05, 4.69) is 4.99 Å². The maximum absolute atomic E-state index is 10.2. The van der Waals surface area contributed by atoms with E-state index in [0.717, 1.165) is 10.3 Å². The van der Waals surface area contributed by atoms with Crippen molar-refractivity contribution in [3.8, 4) is 0 Å². The zero-order valence-electron chi connectivity index (χ0n) is 10.1. The number of aromatic nitrogens is 1. The molecule has 4 nitrogen and oxygen atoms in total. The van der Waals surface area contributed by atoms with Gasteiger partial charge >= 0.3 is 0 Å². The Bertz CT molecular complexity index is 563. The highest BCUT2D eigenvalue weighted by atomic mass is 16.5. The second kappa shape index (κ2) is 5.51. The molecular formula is C14H16N2O2. The van der Waals surface area contributed by atoms with E-state index in [0.29, 0.717) is 5.49 Å². The van der Waals surface area contributed by atoms with Gasteiger partial charge in [-0.3, -0.25) is 4.99 Å². The highest BCUT2D eigenvalue weighted by molar-refractivity contribution is 5.18. The molecule has 4 heteroatoms. The van der Waals surface area contributed by atoms with Gasteiger partial charge in [-0.2, -0.15) is 4.73 Å². The van der Waals surface area contributed by atoms with Crippen LogP contribution >= 0.6 is 0 Å². The van der Waals surface area contributed by atoms with Crippen LogP contribution in [0.25, 0.3) is 0 Å². The minimum absolute atomic E-state index is 0.340. The summed E-state index contributed by atoms with van der Waals surface area (Å²) in [6.07, 6.45) is 0.812. The van der Waals surface area contributed by atoms with E-state index in [1.165, 1.54) is 6.20 Å². The summed E-state index contributed by atoms with van der Waals surface area (Å²) in [7, 11) is 0. The van der Waals surface area contributed by atoms with E-state index in [1.807, 2.05) is 37.3 Å². The highest BCUT2D eigenvalue weighted by Gasteiger charge is 2.14. The van der Waals surface area contributed by atoms with Crippen molar-refractivity contribution in [1.29, 1.82) is 0 Å². The van der Waals surface area contributed by atoms with Crippen LogP contribution in [0.3, 0.4) is 0 Å². The smallest absolute Gasteiger partial charge is 0.163 e. The lowest BCUT2D eigenvalue weighted by Gasteiger charge is -2.15. The Morgan fingerprint density at radius 3 is 2.39 bits per heavy atom. The Balaban J connectivity index is 2.26. The molecule has 0 bridgehead atoms. The predicted octanol–water partition coefficient (Wildman–Crippen LogP) is 1.75. The van der Waals surface area contributed by atoms with Crippen LogP contribution in [0.15, 0.2) is 59.7 Å². The maximum atomic E-state index is 10.2. The molecule has 18 heavy (non-hydrogen) atoms. The molecule has 1 aromatic heterocycles. The third-order valence-electron chi connectivity index (χ3n) is 2.75. The molecular weight excluding hydrogens is 228 g/mol. The zero-order valence-corrected chi connectivity index (χ0v) is 10.1. The van der Waals surface area contributed by atoms with Gasteiger partial charge in [-0.25, -0.2) is 0 Å². The summed E-state index contributed by atoms with van der Waals surface area (Å²) in [6, 6.07) is 14.2. The van der Waals surface area contributed by atoms with Gasteiger partial charge in [0, 0.05) is 6.20 Å². The first kappa shape index (κ1) is 12.4. The standard InChI is InChI=1S/C14H16N2O2/c1-11(14(17)12-7-3-2-4-8-12)15-13-9-5-6-10-16(13)18/h2-11,14,17-18H,1H3/t11-,14+/m1/s1. The molecule has 0 saturated heterocycles. The Labute approximate surface area is 105 Å². The fourth-order valence-corrected chi connectivity index (χ4v) is 1.74. The molecule has 1 aromatic carbocycles. The lowest BCUT2D eigenvalue weighted by molar-refractivity contribution is 0.144. The average molecular weight is 244 g/mol. The molecule has 2 rings (SSSR count). The molecule has 0 fully saturated rings. The number of benzene rings is 1. The first-order valence-electron chi connectivity index (χ1n) is 5.82. The van der Waals surface area contributed by atoms with Crippen molar-refractivity contribution >= 4 is 0 Å². The van der Waals surface area contributed by atoms with Crippen LogP contribution in [0.2, 0.25) is 0 Å². The van der Waals surface area contributed by atoms with Crippen molar-refractivity contribution in [1.82, 2.24) is 4.73 Å². The van der Waals surface area contributed by atoms with Gasteiger partial charge in [-0.05, 0) is 24.6 Å². The topological polar surface area (TPSA) is 57.8 Å². The predicted molar refractivity (Wildman–Crippen MR) is 68.0 cm³/mol. The lowest BCUT2D eigenvalue weighted by atomic mass is 10.0. The molecule has 2 aromatic rings. The van der Waals surface area contributed by atoms with Gasteiger partial charge in [0.15, 0.2) is 5.49 Å². The van der Waals surface area contributed by atoms with Crippen molar-refractivity contribution in [2.75, 3.05) is 0 Å². The number of hydrogen-bond acceptors (Lipinski definition) is 3. The fourth-order valence-electron chi connectivity index (χ4n) is 1.74. The molecule has 2 atom stereocenters. The van der Waals surface area contributed by atoms with Crippen molar-refractivity contribution in [2.45, 2.75) is 19.1 Å². The summed E-state index contributed by atoms with van der Waals surface area (Å²) in [5.41, 5.74) is 1.23. The molecule has 0 unspecified atom stereocenters. The first-order chi connectivity index (χ1) is 8.68. The van der Waals surface area contributed by atoms with E-state index in [1.54, 1.807) is 18.2 Å². The number of aliphatic hydroxyl groups excluding tert-OH is 1. The number of nitrogens with zero attached hydrogens (tertiary/aromatic N) is 2. The second-order valence-corrected chi connectivity index (χ2v) is 4.13. The molecule has 2 N–H and O–H groups in total. The monoisotopic (exact) mass is 244 g/mol. The summed E-state index contributed by atoms with van der Waals surface area (Å²) < 4.78 is 0.939. The van der Waals surface area contributed by atoms with Crippen LogP contribution in [0.5, 0.6) is 0 Å². The number of aliphatic hydroxyl groups is 1.